The zero-order valence-electron chi connectivity index (χ0n) is 6.94. The van der Waals surface area contributed by atoms with E-state index in [9.17, 15) is 0 Å². The molecule has 0 bridgehead atoms. The molecular weight excluding hydrogens is 218 g/mol. The summed E-state index contributed by atoms with van der Waals surface area (Å²) in [7, 11) is 0. The maximum Gasteiger partial charge on any atom is 0.116 e. The zero-order valence-corrected chi connectivity index (χ0v) is 8.51. The molecule has 0 atom stereocenters. The molecule has 0 fully saturated rings. The molecular formula is C9H4ClN3S. The minimum Gasteiger partial charge on any atom is -0.245 e. The van der Waals surface area contributed by atoms with Gasteiger partial charge in [0, 0.05) is 11.6 Å². The molecule has 0 spiro atoms. The summed E-state index contributed by atoms with van der Waals surface area (Å²) in [5.74, 6) is 0. The molecule has 0 aliphatic rings. The number of rotatable bonds is 0. The van der Waals surface area contributed by atoms with E-state index in [-0.39, 0.29) is 0 Å². The van der Waals surface area contributed by atoms with Crippen molar-refractivity contribution in [3.63, 3.8) is 0 Å². The van der Waals surface area contributed by atoms with Crippen LogP contribution in [0.4, 0.5) is 0 Å². The molecule has 5 heteroatoms. The highest BCUT2D eigenvalue weighted by atomic mass is 35.5. The number of aromatic nitrogens is 3. The van der Waals surface area contributed by atoms with Crippen molar-refractivity contribution in [2.45, 2.75) is 0 Å². The van der Waals surface area contributed by atoms with E-state index in [1.807, 2.05) is 6.07 Å². The van der Waals surface area contributed by atoms with Crippen LogP contribution in [0.1, 0.15) is 0 Å². The Kier molecular flexibility index (Phi) is 1.65. The third-order valence-corrected chi connectivity index (χ3v) is 3.37. The number of hydrogen-bond donors (Lipinski definition) is 0. The van der Waals surface area contributed by atoms with E-state index in [0.29, 0.717) is 5.02 Å². The molecule has 0 radical (unpaired) electrons. The van der Waals surface area contributed by atoms with Gasteiger partial charge in [0.2, 0.25) is 0 Å². The quantitative estimate of drug-likeness (QED) is 0.586. The third-order valence-electron chi connectivity index (χ3n) is 2.04. The molecule has 0 saturated heterocycles. The fourth-order valence-corrected chi connectivity index (χ4v) is 2.50. The summed E-state index contributed by atoms with van der Waals surface area (Å²) in [5, 5.41) is 1.60. The highest BCUT2D eigenvalue weighted by Gasteiger charge is 2.08. The van der Waals surface area contributed by atoms with E-state index >= 15 is 0 Å². The van der Waals surface area contributed by atoms with Crippen LogP contribution >= 0.6 is 22.9 Å². The third kappa shape index (κ3) is 1.01. The largest absolute Gasteiger partial charge is 0.245 e. The van der Waals surface area contributed by atoms with Crippen LogP contribution in [0.25, 0.3) is 21.1 Å². The first-order chi connectivity index (χ1) is 6.86. The molecule has 0 N–H and O–H groups in total. The highest BCUT2D eigenvalue weighted by Crippen LogP contribution is 2.32. The van der Waals surface area contributed by atoms with Crippen molar-refractivity contribution in [3.05, 3.63) is 29.1 Å². The minimum absolute atomic E-state index is 0.669. The first-order valence-corrected chi connectivity index (χ1v) is 5.23. The van der Waals surface area contributed by atoms with Crippen LogP contribution in [0, 0.1) is 0 Å². The lowest BCUT2D eigenvalue weighted by Crippen LogP contribution is -1.82. The topological polar surface area (TPSA) is 38.7 Å². The molecule has 0 aliphatic carbocycles. The van der Waals surface area contributed by atoms with Crippen molar-refractivity contribution in [2.24, 2.45) is 0 Å². The standard InChI is InChI=1S/C9H4ClN3S/c10-7-8-5(2-11-3-12-8)1-6-9(7)14-4-13-6/h1-4H. The van der Waals surface area contributed by atoms with Crippen molar-refractivity contribution in [1.29, 1.82) is 0 Å². The van der Waals surface area contributed by atoms with Gasteiger partial charge in [-0.3, -0.25) is 0 Å². The molecule has 0 aliphatic heterocycles. The Morgan fingerprint density at radius 1 is 1.29 bits per heavy atom. The number of benzene rings is 1. The van der Waals surface area contributed by atoms with E-state index < -0.39 is 0 Å². The van der Waals surface area contributed by atoms with Crippen LogP contribution in [-0.4, -0.2) is 15.0 Å². The van der Waals surface area contributed by atoms with Gasteiger partial charge in [-0.1, -0.05) is 11.6 Å². The number of halogens is 1. The lowest BCUT2D eigenvalue weighted by Gasteiger charge is -1.98. The molecule has 0 amide bonds. The van der Waals surface area contributed by atoms with Gasteiger partial charge in [0.15, 0.2) is 0 Å². The Balaban J connectivity index is 2.63. The molecule has 3 rings (SSSR count). The van der Waals surface area contributed by atoms with Gasteiger partial charge < -0.3 is 0 Å². The summed E-state index contributed by atoms with van der Waals surface area (Å²) < 4.78 is 0.984. The van der Waals surface area contributed by atoms with Crippen LogP contribution in [0.2, 0.25) is 5.02 Å². The van der Waals surface area contributed by atoms with E-state index in [2.05, 4.69) is 15.0 Å². The summed E-state index contributed by atoms with van der Waals surface area (Å²) in [4.78, 5) is 12.3. The Hall–Kier alpha value is -1.26. The van der Waals surface area contributed by atoms with Crippen LogP contribution in [0.3, 0.4) is 0 Å². The van der Waals surface area contributed by atoms with E-state index in [4.69, 9.17) is 11.6 Å². The van der Waals surface area contributed by atoms with E-state index in [1.165, 1.54) is 17.7 Å². The average molecular weight is 222 g/mol. The van der Waals surface area contributed by atoms with Crippen molar-refractivity contribution < 1.29 is 0 Å². The van der Waals surface area contributed by atoms with Gasteiger partial charge >= 0.3 is 0 Å². The lowest BCUT2D eigenvalue weighted by molar-refractivity contribution is 1.22. The van der Waals surface area contributed by atoms with Crippen molar-refractivity contribution in [3.8, 4) is 0 Å². The summed E-state index contributed by atoms with van der Waals surface area (Å²) in [6.45, 7) is 0. The van der Waals surface area contributed by atoms with Gasteiger partial charge in [0.25, 0.3) is 0 Å². The Labute approximate surface area is 88.4 Å². The first-order valence-electron chi connectivity index (χ1n) is 3.97. The van der Waals surface area contributed by atoms with Gasteiger partial charge in [0.1, 0.15) is 6.33 Å². The summed E-state index contributed by atoms with van der Waals surface area (Å²) in [5.41, 5.74) is 3.48. The second kappa shape index (κ2) is 2.87. The highest BCUT2D eigenvalue weighted by molar-refractivity contribution is 7.17. The van der Waals surface area contributed by atoms with Crippen molar-refractivity contribution >= 4 is 44.1 Å². The van der Waals surface area contributed by atoms with Gasteiger partial charge in [-0.15, -0.1) is 11.3 Å². The number of hydrogen-bond acceptors (Lipinski definition) is 4. The molecule has 1 aromatic carbocycles. The van der Waals surface area contributed by atoms with Crippen molar-refractivity contribution in [1.82, 2.24) is 15.0 Å². The molecule has 0 saturated carbocycles. The molecule has 3 aromatic rings. The minimum atomic E-state index is 0.669. The maximum absolute atomic E-state index is 6.20. The van der Waals surface area contributed by atoms with E-state index in [0.717, 1.165) is 21.1 Å². The smallest absolute Gasteiger partial charge is 0.116 e. The van der Waals surface area contributed by atoms with Crippen LogP contribution in [-0.2, 0) is 0 Å². The zero-order chi connectivity index (χ0) is 9.54. The number of fused-ring (bicyclic) bond motifs is 2. The molecule has 14 heavy (non-hydrogen) atoms. The van der Waals surface area contributed by atoms with Gasteiger partial charge in [-0.2, -0.15) is 0 Å². The summed E-state index contributed by atoms with van der Waals surface area (Å²) in [6.07, 6.45) is 3.24. The monoisotopic (exact) mass is 221 g/mol. The summed E-state index contributed by atoms with van der Waals surface area (Å²) >= 11 is 7.72. The van der Waals surface area contributed by atoms with Gasteiger partial charge in [0.05, 0.1) is 26.3 Å². The fourth-order valence-electron chi connectivity index (χ4n) is 1.41. The van der Waals surface area contributed by atoms with Crippen LogP contribution in [0.15, 0.2) is 24.1 Å². The second-order valence-electron chi connectivity index (χ2n) is 2.85. The maximum atomic E-state index is 6.20. The number of thiazole rings is 1. The lowest BCUT2D eigenvalue weighted by atomic mass is 10.2. The Bertz CT molecular complexity index is 620. The second-order valence-corrected chi connectivity index (χ2v) is 4.08. The summed E-state index contributed by atoms with van der Waals surface area (Å²) in [6, 6.07) is 1.95. The Morgan fingerprint density at radius 2 is 2.21 bits per heavy atom. The molecule has 3 nitrogen and oxygen atoms in total. The van der Waals surface area contributed by atoms with Crippen LogP contribution < -0.4 is 0 Å². The predicted molar refractivity (Wildman–Crippen MR) is 57.7 cm³/mol. The fraction of sp³-hybridized carbons (Fsp3) is 0. The molecule has 0 unspecified atom stereocenters. The van der Waals surface area contributed by atoms with Gasteiger partial charge in [-0.25, -0.2) is 15.0 Å². The molecule has 2 heterocycles. The van der Waals surface area contributed by atoms with E-state index in [1.54, 1.807) is 11.7 Å². The van der Waals surface area contributed by atoms with Gasteiger partial charge in [-0.05, 0) is 6.07 Å². The van der Waals surface area contributed by atoms with Crippen molar-refractivity contribution in [2.75, 3.05) is 0 Å². The van der Waals surface area contributed by atoms with Crippen LogP contribution in [0.5, 0.6) is 0 Å². The SMILES string of the molecule is Clc1c2ncncc2cc2ncsc12. The predicted octanol–water partition coefficient (Wildman–Crippen LogP) is 2.89. The molecule has 2 aromatic heterocycles. The molecule has 68 valence electrons. The normalized spacial score (nSPS) is 11.2. The number of nitrogens with zero attached hydrogens (tertiary/aromatic N) is 3. The average Bonchev–Trinajstić information content (AvgIpc) is 2.66. The Morgan fingerprint density at radius 3 is 3.14 bits per heavy atom. The first kappa shape index (κ1) is 8.08.